The van der Waals surface area contributed by atoms with E-state index in [1.54, 1.807) is 18.2 Å². The van der Waals surface area contributed by atoms with Crippen LogP contribution in [-0.4, -0.2) is 74.3 Å². The fraction of sp³-hybridized carbons (Fsp3) is 0.667. The maximum absolute atomic E-state index is 12.8. The van der Waals surface area contributed by atoms with Crippen LogP contribution in [-0.2, 0) is 23.2 Å². The summed E-state index contributed by atoms with van der Waals surface area (Å²) in [5.41, 5.74) is 0. The number of hydrogen-bond donors (Lipinski definition) is 2. The molecule has 0 aromatic carbocycles. The van der Waals surface area contributed by atoms with Gasteiger partial charge in [0.2, 0.25) is 5.91 Å². The van der Waals surface area contributed by atoms with Crippen molar-refractivity contribution in [3.8, 4) is 0 Å². The summed E-state index contributed by atoms with van der Waals surface area (Å²) < 4.78 is 23.0. The van der Waals surface area contributed by atoms with E-state index in [9.17, 15) is 24.2 Å². The number of phosphoric acid groups is 1. The Hall–Kier alpha value is -2.39. The molecule has 3 atom stereocenters. The number of hydrogen-bond acceptors (Lipinski definition) is 7. The second-order valence-corrected chi connectivity index (χ2v) is 15.7. The van der Waals surface area contributed by atoms with Crippen molar-refractivity contribution in [3.05, 3.63) is 72.9 Å². The molecule has 0 spiro atoms. The molecule has 1 unspecified atom stereocenters. The van der Waals surface area contributed by atoms with Crippen molar-refractivity contribution in [2.24, 2.45) is 0 Å². The number of rotatable bonds is 34. The summed E-state index contributed by atoms with van der Waals surface area (Å²) in [6.45, 7) is 4.35. The molecule has 52 heavy (non-hydrogen) atoms. The molecule has 9 nitrogen and oxygen atoms in total. The third kappa shape index (κ3) is 34.7. The molecule has 0 fully saturated rings. The van der Waals surface area contributed by atoms with Gasteiger partial charge in [-0.2, -0.15) is 0 Å². The van der Waals surface area contributed by atoms with E-state index in [2.05, 4.69) is 43.5 Å². The van der Waals surface area contributed by atoms with E-state index >= 15 is 0 Å². The monoisotopic (exact) mass is 749 g/mol. The zero-order valence-corrected chi connectivity index (χ0v) is 34.1. The molecular weight excluding hydrogens is 675 g/mol. The number of phosphoric ester groups is 1. The highest BCUT2D eigenvalue weighted by molar-refractivity contribution is 7.45. The SMILES string of the molecule is CCCCCCCC/C=C\CC/C=C/[C@@H](O)[C@H](COP(=O)([O-])OCC[N+](C)(C)C)NC(=O)CCC/C=C\C/C=C\C/C=C\C=C\C(=O)CCCCC. The molecular formula is C42H73N2O7P. The highest BCUT2D eigenvalue weighted by atomic mass is 31.2. The van der Waals surface area contributed by atoms with Crippen LogP contribution >= 0.6 is 7.82 Å². The minimum Gasteiger partial charge on any atom is -0.756 e. The molecule has 0 heterocycles. The van der Waals surface area contributed by atoms with E-state index in [-0.39, 0.29) is 24.7 Å². The van der Waals surface area contributed by atoms with Crippen LogP contribution < -0.4 is 10.2 Å². The van der Waals surface area contributed by atoms with E-state index in [1.807, 2.05) is 51.5 Å². The average molecular weight is 749 g/mol. The summed E-state index contributed by atoms with van der Waals surface area (Å²) in [6, 6.07) is -0.951. The van der Waals surface area contributed by atoms with Crippen molar-refractivity contribution in [2.75, 3.05) is 40.9 Å². The smallest absolute Gasteiger partial charge is 0.268 e. The fourth-order valence-corrected chi connectivity index (χ4v) is 5.60. The average Bonchev–Trinajstić information content (AvgIpc) is 3.08. The Morgan fingerprint density at radius 2 is 1.33 bits per heavy atom. The second-order valence-electron chi connectivity index (χ2n) is 14.3. The van der Waals surface area contributed by atoms with Gasteiger partial charge in [0.1, 0.15) is 13.2 Å². The van der Waals surface area contributed by atoms with Gasteiger partial charge in [0.05, 0.1) is 39.9 Å². The number of ketones is 1. The number of carbonyl (C=O) groups is 2. The molecule has 2 N–H and O–H groups in total. The minimum absolute atomic E-state index is 0.0312. The Kier molecular flexibility index (Phi) is 31.7. The maximum Gasteiger partial charge on any atom is 0.268 e. The van der Waals surface area contributed by atoms with Crippen molar-refractivity contribution in [2.45, 2.75) is 142 Å². The Bertz CT molecular complexity index is 1140. The van der Waals surface area contributed by atoms with Gasteiger partial charge < -0.3 is 28.8 Å². The highest BCUT2D eigenvalue weighted by Crippen LogP contribution is 2.38. The third-order valence-electron chi connectivity index (χ3n) is 8.11. The summed E-state index contributed by atoms with van der Waals surface area (Å²) in [5.74, 6) is -0.118. The van der Waals surface area contributed by atoms with Crippen LogP contribution in [0.2, 0.25) is 0 Å². The molecule has 0 radical (unpaired) electrons. The molecule has 0 aromatic heterocycles. The van der Waals surface area contributed by atoms with Crippen molar-refractivity contribution in [1.82, 2.24) is 5.32 Å². The van der Waals surface area contributed by atoms with Crippen LogP contribution in [0.4, 0.5) is 0 Å². The summed E-state index contributed by atoms with van der Waals surface area (Å²) in [5, 5.41) is 13.6. The Morgan fingerprint density at radius 1 is 0.731 bits per heavy atom. The first-order valence-corrected chi connectivity index (χ1v) is 21.2. The van der Waals surface area contributed by atoms with Crippen molar-refractivity contribution >= 4 is 19.5 Å². The number of amides is 1. The second kappa shape index (κ2) is 33.2. The van der Waals surface area contributed by atoms with E-state index in [4.69, 9.17) is 9.05 Å². The lowest BCUT2D eigenvalue weighted by Crippen LogP contribution is -2.45. The van der Waals surface area contributed by atoms with Crippen LogP contribution in [0, 0.1) is 0 Å². The number of unbranched alkanes of at least 4 members (excludes halogenated alkanes) is 10. The van der Waals surface area contributed by atoms with E-state index in [0.717, 1.165) is 51.4 Å². The van der Waals surface area contributed by atoms with Crippen LogP contribution in [0.15, 0.2) is 72.9 Å². The molecule has 0 aliphatic carbocycles. The number of likely N-dealkylation sites (N-methyl/N-ethyl adjacent to an activating group) is 1. The Morgan fingerprint density at radius 3 is 2.06 bits per heavy atom. The first kappa shape index (κ1) is 49.6. The van der Waals surface area contributed by atoms with Crippen LogP contribution in [0.3, 0.4) is 0 Å². The predicted molar refractivity (Wildman–Crippen MR) is 215 cm³/mol. The number of carbonyl (C=O) groups excluding carboxylic acids is 2. The van der Waals surface area contributed by atoms with Gasteiger partial charge in [-0.25, -0.2) is 0 Å². The van der Waals surface area contributed by atoms with Crippen LogP contribution in [0.25, 0.3) is 0 Å². The topological polar surface area (TPSA) is 125 Å². The number of aliphatic hydroxyl groups is 1. The number of allylic oxidation sites excluding steroid dienone is 11. The van der Waals surface area contributed by atoms with Crippen LogP contribution in [0.5, 0.6) is 0 Å². The fourth-order valence-electron chi connectivity index (χ4n) is 4.88. The zero-order chi connectivity index (χ0) is 38.8. The quantitative estimate of drug-likeness (QED) is 0.0168. The third-order valence-corrected chi connectivity index (χ3v) is 9.08. The number of quaternary nitrogens is 1. The number of nitrogens with one attached hydrogen (secondary N) is 1. The van der Waals surface area contributed by atoms with Gasteiger partial charge in [-0.05, 0) is 63.9 Å². The van der Waals surface area contributed by atoms with E-state index in [1.165, 1.54) is 38.5 Å². The molecule has 0 bridgehead atoms. The number of aliphatic hydroxyl groups excluding tert-OH is 1. The summed E-state index contributed by atoms with van der Waals surface area (Å²) in [6.07, 6.45) is 39.4. The van der Waals surface area contributed by atoms with Crippen molar-refractivity contribution < 1.29 is 37.7 Å². The molecule has 10 heteroatoms. The van der Waals surface area contributed by atoms with E-state index in [0.29, 0.717) is 30.3 Å². The van der Waals surface area contributed by atoms with Crippen molar-refractivity contribution in [3.63, 3.8) is 0 Å². The maximum atomic E-state index is 12.8. The van der Waals surface area contributed by atoms with E-state index < -0.39 is 26.6 Å². The molecule has 0 aromatic rings. The van der Waals surface area contributed by atoms with Gasteiger partial charge >= 0.3 is 0 Å². The molecule has 0 saturated heterocycles. The van der Waals surface area contributed by atoms with Crippen LogP contribution in [0.1, 0.15) is 129 Å². The normalized spacial score (nSPS) is 15.2. The summed E-state index contributed by atoms with van der Waals surface area (Å²) in [7, 11) is 1.15. The summed E-state index contributed by atoms with van der Waals surface area (Å²) in [4.78, 5) is 36.9. The first-order valence-electron chi connectivity index (χ1n) is 19.8. The first-order chi connectivity index (χ1) is 24.9. The van der Waals surface area contributed by atoms with Gasteiger partial charge in [0, 0.05) is 12.8 Å². The largest absolute Gasteiger partial charge is 0.756 e. The number of nitrogens with zero attached hydrogens (tertiary/aromatic N) is 1. The lowest BCUT2D eigenvalue weighted by atomic mass is 10.1. The predicted octanol–water partition coefficient (Wildman–Crippen LogP) is 9.01. The zero-order valence-electron chi connectivity index (χ0n) is 33.2. The molecule has 298 valence electrons. The Balaban J connectivity index is 4.72. The molecule has 0 rings (SSSR count). The van der Waals surface area contributed by atoms with Gasteiger partial charge in [0.25, 0.3) is 7.82 Å². The van der Waals surface area contributed by atoms with Gasteiger partial charge in [0.15, 0.2) is 5.78 Å². The van der Waals surface area contributed by atoms with Gasteiger partial charge in [-0.1, -0.05) is 126 Å². The summed E-state index contributed by atoms with van der Waals surface area (Å²) >= 11 is 0. The lowest BCUT2D eigenvalue weighted by molar-refractivity contribution is -0.870. The Labute approximate surface area is 317 Å². The minimum atomic E-state index is -4.62. The molecule has 0 aliphatic heterocycles. The molecule has 0 saturated carbocycles. The molecule has 1 amide bonds. The van der Waals surface area contributed by atoms with Gasteiger partial charge in [-0.15, -0.1) is 0 Å². The standard InChI is InChI=1S/C42H73N2O7P/c1-6-8-10-11-12-13-14-17-20-23-26-30-34-41(46)40(38-51-52(48,49)50-37-36-44(3,4)5)43-42(47)35-31-27-24-21-18-15-16-19-22-25-29-33-39(45)32-28-9-7-2/h15-17,20-22,24-25,29-30,33-34,40-41,46H,6-14,18-19,23,26-28,31-32,35-38H2,1-5H3,(H-,43,47,48,49)/b16-15-,20-17-,24-21-,25-22-,33-29+,34-30+/t40-,41+/m0/s1. The highest BCUT2D eigenvalue weighted by Gasteiger charge is 2.23. The molecule has 0 aliphatic rings. The van der Waals surface area contributed by atoms with Gasteiger partial charge in [-0.3, -0.25) is 14.2 Å². The lowest BCUT2D eigenvalue weighted by Gasteiger charge is -2.29. The van der Waals surface area contributed by atoms with Crippen molar-refractivity contribution in [1.29, 1.82) is 0 Å².